The van der Waals surface area contributed by atoms with Gasteiger partial charge >= 0.3 is 0 Å². The molecule has 4 nitrogen and oxygen atoms in total. The number of fused-ring (bicyclic) bond motifs is 6. The van der Waals surface area contributed by atoms with Gasteiger partial charge in [-0.25, -0.2) is 9.97 Å². The maximum absolute atomic E-state index is 6.64. The number of para-hydroxylation sites is 1. The Kier molecular flexibility index (Phi) is 6.88. The van der Waals surface area contributed by atoms with Crippen molar-refractivity contribution in [2.75, 3.05) is 0 Å². The molecule has 0 radical (unpaired) electrons. The fraction of sp³-hybridized carbons (Fsp3) is 0.317. The highest BCUT2D eigenvalue weighted by molar-refractivity contribution is 6.16. The van der Waals surface area contributed by atoms with Gasteiger partial charge < -0.3 is 8.83 Å². The van der Waals surface area contributed by atoms with E-state index in [9.17, 15) is 0 Å². The van der Waals surface area contributed by atoms with Gasteiger partial charge in [-0.15, -0.1) is 0 Å². The molecule has 7 rings (SSSR count). The van der Waals surface area contributed by atoms with Crippen molar-refractivity contribution in [2.24, 2.45) is 0 Å². The zero-order valence-electron chi connectivity index (χ0n) is 27.9. The second-order valence-corrected chi connectivity index (χ2v) is 14.5. The Morgan fingerprint density at radius 2 is 1.24 bits per heavy atom. The Hall–Kier alpha value is -4.44. The molecule has 0 atom stereocenters. The third-order valence-electron chi connectivity index (χ3n) is 9.22. The van der Waals surface area contributed by atoms with Crippen LogP contribution in [0.25, 0.3) is 66.3 Å². The highest BCUT2D eigenvalue weighted by atomic mass is 16.3. The van der Waals surface area contributed by atoms with Crippen molar-refractivity contribution in [1.82, 2.24) is 9.97 Å². The van der Waals surface area contributed by atoms with Crippen molar-refractivity contribution in [2.45, 2.75) is 85.5 Å². The highest BCUT2D eigenvalue weighted by Crippen LogP contribution is 2.43. The molecule has 228 valence electrons. The molecule has 3 aromatic heterocycles. The fourth-order valence-electron chi connectivity index (χ4n) is 6.63. The van der Waals surface area contributed by atoms with E-state index < -0.39 is 0 Å². The van der Waals surface area contributed by atoms with Gasteiger partial charge in [-0.05, 0) is 82.0 Å². The number of rotatable bonds is 5. The molecule has 0 saturated carbocycles. The number of aromatic nitrogens is 2. The van der Waals surface area contributed by atoms with E-state index in [0.29, 0.717) is 17.8 Å². The van der Waals surface area contributed by atoms with E-state index in [1.807, 2.05) is 0 Å². The molecule has 0 N–H and O–H groups in total. The summed E-state index contributed by atoms with van der Waals surface area (Å²) in [5, 5.41) is 4.26. The standard InChI is InChI=1S/C41H42N2O2/c1-22(2)26-16-29(23(3)4)39(30(17-26)24(5)6)25-13-14-35-31(15-25)33-19-37-32(18-36(33)44-35)27-11-10-12-28(40(27)45-37)34-20-38(41(7,8)9)43-21-42-34/h10-24H,1-9H3. The SMILES string of the molecule is CC(C)c1cc(C(C)C)c(-c2ccc3oc4cc5c(cc4c3c2)oc2c(-c3cc(C(C)(C)C)ncn3)cccc25)c(C(C)C)c1. The monoisotopic (exact) mass is 594 g/mol. The Morgan fingerprint density at radius 1 is 0.600 bits per heavy atom. The molecule has 0 aliphatic heterocycles. The molecular formula is C41H42N2O2. The Bertz CT molecular complexity index is 2210. The maximum Gasteiger partial charge on any atom is 0.144 e. The molecule has 4 aromatic carbocycles. The minimum absolute atomic E-state index is 0.0772. The lowest BCUT2D eigenvalue weighted by Crippen LogP contribution is -2.13. The van der Waals surface area contributed by atoms with E-state index in [-0.39, 0.29) is 5.41 Å². The van der Waals surface area contributed by atoms with Gasteiger partial charge in [0.05, 0.1) is 5.69 Å². The second kappa shape index (κ2) is 10.6. The van der Waals surface area contributed by atoms with E-state index in [1.54, 1.807) is 6.33 Å². The van der Waals surface area contributed by atoms with E-state index in [2.05, 4.69) is 139 Å². The van der Waals surface area contributed by atoms with Crippen LogP contribution in [0, 0.1) is 0 Å². The maximum atomic E-state index is 6.64. The Morgan fingerprint density at radius 3 is 1.89 bits per heavy atom. The van der Waals surface area contributed by atoms with Gasteiger partial charge in [0, 0.05) is 38.2 Å². The summed E-state index contributed by atoms with van der Waals surface area (Å²) in [6.07, 6.45) is 1.65. The molecule has 0 amide bonds. The number of hydrogen-bond donors (Lipinski definition) is 0. The van der Waals surface area contributed by atoms with Crippen LogP contribution >= 0.6 is 0 Å². The summed E-state index contributed by atoms with van der Waals surface area (Å²) in [6, 6.07) is 24.2. The predicted octanol–water partition coefficient (Wildman–Crippen LogP) is 12.3. The van der Waals surface area contributed by atoms with Gasteiger partial charge in [-0.2, -0.15) is 0 Å². The first-order valence-electron chi connectivity index (χ1n) is 16.2. The summed E-state index contributed by atoms with van der Waals surface area (Å²) in [4.78, 5) is 9.17. The molecular weight excluding hydrogens is 552 g/mol. The fourth-order valence-corrected chi connectivity index (χ4v) is 6.63. The van der Waals surface area contributed by atoms with Crippen LogP contribution in [0.5, 0.6) is 0 Å². The average molecular weight is 595 g/mol. The zero-order valence-corrected chi connectivity index (χ0v) is 27.9. The summed E-state index contributed by atoms with van der Waals surface area (Å²) in [5.74, 6) is 1.30. The van der Waals surface area contributed by atoms with E-state index in [0.717, 1.165) is 60.8 Å². The lowest BCUT2D eigenvalue weighted by atomic mass is 9.81. The van der Waals surface area contributed by atoms with Crippen molar-refractivity contribution in [3.8, 4) is 22.4 Å². The molecule has 0 fully saturated rings. The third-order valence-corrected chi connectivity index (χ3v) is 9.22. The van der Waals surface area contributed by atoms with E-state index in [4.69, 9.17) is 8.83 Å². The molecule has 0 bridgehead atoms. The summed E-state index contributed by atoms with van der Waals surface area (Å²) in [6.45, 7) is 20.3. The molecule has 4 heteroatoms. The van der Waals surface area contributed by atoms with Crippen molar-refractivity contribution >= 4 is 43.9 Å². The molecule has 0 spiro atoms. The van der Waals surface area contributed by atoms with Crippen molar-refractivity contribution in [1.29, 1.82) is 0 Å². The molecule has 0 unspecified atom stereocenters. The first kappa shape index (κ1) is 29.3. The van der Waals surface area contributed by atoms with Crippen LogP contribution in [-0.2, 0) is 5.41 Å². The number of nitrogens with zero attached hydrogens (tertiary/aromatic N) is 2. The smallest absolute Gasteiger partial charge is 0.144 e. The predicted molar refractivity (Wildman–Crippen MR) is 188 cm³/mol. The van der Waals surface area contributed by atoms with Crippen molar-refractivity contribution in [3.63, 3.8) is 0 Å². The average Bonchev–Trinajstić information content (AvgIpc) is 3.55. The lowest BCUT2D eigenvalue weighted by Gasteiger charge is -2.23. The largest absolute Gasteiger partial charge is 0.456 e. The van der Waals surface area contributed by atoms with Gasteiger partial charge in [0.1, 0.15) is 28.7 Å². The van der Waals surface area contributed by atoms with Gasteiger partial charge in [0.25, 0.3) is 0 Å². The number of furan rings is 2. The van der Waals surface area contributed by atoms with Crippen LogP contribution in [0.1, 0.15) is 102 Å². The van der Waals surface area contributed by atoms with Crippen LogP contribution in [-0.4, -0.2) is 9.97 Å². The van der Waals surface area contributed by atoms with Gasteiger partial charge in [-0.3, -0.25) is 0 Å². The zero-order chi connectivity index (χ0) is 31.8. The van der Waals surface area contributed by atoms with Crippen molar-refractivity contribution < 1.29 is 8.83 Å². The normalized spacial score (nSPS) is 12.7. The third kappa shape index (κ3) is 4.91. The minimum Gasteiger partial charge on any atom is -0.456 e. The van der Waals surface area contributed by atoms with Crippen LogP contribution < -0.4 is 0 Å². The van der Waals surface area contributed by atoms with E-state index >= 15 is 0 Å². The number of benzene rings is 4. The minimum atomic E-state index is -0.0772. The molecule has 0 saturated heterocycles. The Balaban J connectivity index is 1.43. The van der Waals surface area contributed by atoms with Crippen LogP contribution in [0.3, 0.4) is 0 Å². The second-order valence-electron chi connectivity index (χ2n) is 14.5. The summed E-state index contributed by atoms with van der Waals surface area (Å²) < 4.78 is 13.1. The highest BCUT2D eigenvalue weighted by Gasteiger charge is 2.22. The quantitative estimate of drug-likeness (QED) is 0.199. The lowest BCUT2D eigenvalue weighted by molar-refractivity contribution is 0.567. The van der Waals surface area contributed by atoms with Crippen LogP contribution in [0.2, 0.25) is 0 Å². The first-order chi connectivity index (χ1) is 21.4. The number of hydrogen-bond acceptors (Lipinski definition) is 4. The first-order valence-corrected chi connectivity index (χ1v) is 16.2. The Labute approximate surface area is 265 Å². The van der Waals surface area contributed by atoms with Gasteiger partial charge in [0.15, 0.2) is 0 Å². The van der Waals surface area contributed by atoms with Gasteiger partial charge in [-0.1, -0.05) is 92.6 Å². The molecule has 0 aliphatic rings. The van der Waals surface area contributed by atoms with Crippen LogP contribution in [0.4, 0.5) is 0 Å². The summed E-state index contributed by atoms with van der Waals surface area (Å²) in [5.41, 5.74) is 13.0. The molecule has 7 aromatic rings. The van der Waals surface area contributed by atoms with Crippen molar-refractivity contribution in [3.05, 3.63) is 95.4 Å². The molecule has 0 aliphatic carbocycles. The van der Waals surface area contributed by atoms with Crippen LogP contribution in [0.15, 0.2) is 81.9 Å². The topological polar surface area (TPSA) is 52.1 Å². The summed E-state index contributed by atoms with van der Waals surface area (Å²) >= 11 is 0. The molecule has 3 heterocycles. The summed E-state index contributed by atoms with van der Waals surface area (Å²) in [7, 11) is 0. The van der Waals surface area contributed by atoms with E-state index in [1.165, 1.54) is 27.8 Å². The molecule has 45 heavy (non-hydrogen) atoms. The van der Waals surface area contributed by atoms with Gasteiger partial charge in [0.2, 0.25) is 0 Å².